The fraction of sp³-hybridized carbons (Fsp3) is 0.318. The summed E-state index contributed by atoms with van der Waals surface area (Å²) in [6, 6.07) is 12.8. The molecule has 172 valence electrons. The Morgan fingerprint density at radius 1 is 1.33 bits per heavy atom. The van der Waals surface area contributed by atoms with Crippen LogP contribution in [0.2, 0.25) is 0 Å². The molecule has 0 aliphatic carbocycles. The second-order valence-corrected chi connectivity index (χ2v) is 11.3. The predicted molar refractivity (Wildman–Crippen MR) is 129 cm³/mol. The van der Waals surface area contributed by atoms with Crippen LogP contribution in [0.4, 0.5) is 11.4 Å². The molecule has 2 unspecified atom stereocenters. The van der Waals surface area contributed by atoms with Gasteiger partial charge in [-0.3, -0.25) is 4.79 Å². The quantitative estimate of drug-likeness (QED) is 0.488. The van der Waals surface area contributed by atoms with Gasteiger partial charge in [-0.25, -0.2) is 13.4 Å². The Kier molecular flexibility index (Phi) is 6.49. The number of anilines is 2. The van der Waals surface area contributed by atoms with Crippen molar-refractivity contribution >= 4 is 44.0 Å². The van der Waals surface area contributed by atoms with Crippen LogP contribution in [0, 0.1) is 11.3 Å². The lowest BCUT2D eigenvalue weighted by molar-refractivity contribution is -0.117. The molecule has 2 aromatic rings. The Morgan fingerprint density at radius 3 is 2.73 bits per heavy atom. The van der Waals surface area contributed by atoms with Gasteiger partial charge < -0.3 is 19.5 Å². The van der Waals surface area contributed by atoms with Crippen LogP contribution in [0.25, 0.3) is 0 Å². The number of rotatable bonds is 6. The summed E-state index contributed by atoms with van der Waals surface area (Å²) >= 11 is 1.36. The number of hydrogen-bond donors (Lipinski definition) is 1. The van der Waals surface area contributed by atoms with E-state index in [1.807, 2.05) is 54.2 Å². The lowest BCUT2D eigenvalue weighted by Gasteiger charge is -2.25. The Morgan fingerprint density at radius 2 is 2.09 bits per heavy atom. The number of thioether (sulfide) groups is 1. The van der Waals surface area contributed by atoms with E-state index < -0.39 is 15.7 Å². The molecule has 33 heavy (non-hydrogen) atoms. The summed E-state index contributed by atoms with van der Waals surface area (Å²) < 4.78 is 29.7. The van der Waals surface area contributed by atoms with Gasteiger partial charge in [0.1, 0.15) is 17.4 Å². The van der Waals surface area contributed by atoms with Gasteiger partial charge in [0.25, 0.3) is 5.91 Å². The van der Waals surface area contributed by atoms with E-state index in [0.29, 0.717) is 10.9 Å². The number of sulfone groups is 1. The highest BCUT2D eigenvalue weighted by molar-refractivity contribution is 8.16. The minimum absolute atomic E-state index is 0.0393. The number of benzene rings is 1. The minimum Gasteiger partial charge on any atom is -0.467 e. The molecule has 1 aromatic heterocycles. The summed E-state index contributed by atoms with van der Waals surface area (Å²) in [5.74, 6) is 0.120. The van der Waals surface area contributed by atoms with Crippen LogP contribution in [0.3, 0.4) is 0 Å². The Hall–Kier alpha value is -3.23. The summed E-state index contributed by atoms with van der Waals surface area (Å²) in [5, 5.41) is 12.5. The molecule has 1 aromatic carbocycles. The Labute approximate surface area is 196 Å². The monoisotopic (exact) mass is 485 g/mol. The van der Waals surface area contributed by atoms with Gasteiger partial charge in [-0.2, -0.15) is 5.26 Å². The Balaban J connectivity index is 1.59. The molecule has 4 rings (SSSR count). The number of amides is 1. The molecule has 2 saturated heterocycles. The van der Waals surface area contributed by atoms with Gasteiger partial charge >= 0.3 is 0 Å². The van der Waals surface area contributed by atoms with Gasteiger partial charge in [-0.15, -0.1) is 0 Å². The summed E-state index contributed by atoms with van der Waals surface area (Å²) in [4.78, 5) is 20.7. The van der Waals surface area contributed by atoms with E-state index in [4.69, 9.17) is 4.42 Å². The smallest absolute Gasteiger partial charge is 0.263 e. The van der Waals surface area contributed by atoms with E-state index in [1.54, 1.807) is 12.1 Å². The van der Waals surface area contributed by atoms with Crippen molar-refractivity contribution in [3.63, 3.8) is 0 Å². The van der Waals surface area contributed by atoms with Gasteiger partial charge in [-0.1, -0.05) is 11.8 Å². The standard InChI is InChI=1S/C22H23N5O4S2/c1-26(2)16-5-7-17(8-6-16)27-19-13-33(29,30)14-20(19)32-22(27)25-11-15(10-23)21(28)24-12-18-4-3-9-31-18/h3-9,11,19-20H,12-14H2,1-2H3,(H,24,28). The number of hydrogen-bond acceptors (Lipinski definition) is 8. The van der Waals surface area contributed by atoms with Crippen molar-refractivity contribution in [2.45, 2.75) is 17.8 Å². The van der Waals surface area contributed by atoms with Gasteiger partial charge in [0, 0.05) is 30.7 Å². The molecule has 1 N–H and O–H groups in total. The van der Waals surface area contributed by atoms with E-state index in [1.165, 1.54) is 24.2 Å². The zero-order chi connectivity index (χ0) is 23.6. The average molecular weight is 486 g/mol. The highest BCUT2D eigenvalue weighted by atomic mass is 32.2. The first kappa shape index (κ1) is 22.9. The van der Waals surface area contributed by atoms with Gasteiger partial charge in [0.15, 0.2) is 15.0 Å². The van der Waals surface area contributed by atoms with E-state index in [0.717, 1.165) is 11.4 Å². The van der Waals surface area contributed by atoms with Crippen LogP contribution in [0.1, 0.15) is 5.76 Å². The first-order chi connectivity index (χ1) is 15.8. The largest absolute Gasteiger partial charge is 0.467 e. The van der Waals surface area contributed by atoms with Crippen molar-refractivity contribution in [2.24, 2.45) is 4.99 Å². The number of nitrogens with one attached hydrogen (secondary N) is 1. The van der Waals surface area contributed by atoms with Crippen molar-refractivity contribution in [2.75, 3.05) is 35.4 Å². The lowest BCUT2D eigenvalue weighted by Crippen LogP contribution is -2.37. The SMILES string of the molecule is CN(C)c1ccc(N2C(=NC=C(C#N)C(=O)NCc3ccco3)SC3CS(=O)(=O)CC32)cc1. The van der Waals surface area contributed by atoms with Crippen molar-refractivity contribution in [3.05, 3.63) is 60.2 Å². The van der Waals surface area contributed by atoms with Crippen molar-refractivity contribution < 1.29 is 17.6 Å². The second kappa shape index (κ2) is 9.33. The third kappa shape index (κ3) is 5.07. The fourth-order valence-electron chi connectivity index (χ4n) is 3.72. The first-order valence-electron chi connectivity index (χ1n) is 10.2. The zero-order valence-corrected chi connectivity index (χ0v) is 19.8. The average Bonchev–Trinajstić information content (AvgIpc) is 3.47. The summed E-state index contributed by atoms with van der Waals surface area (Å²) in [7, 11) is 0.749. The van der Waals surface area contributed by atoms with E-state index in [-0.39, 0.29) is 34.9 Å². The molecule has 11 heteroatoms. The van der Waals surface area contributed by atoms with E-state index in [2.05, 4.69) is 10.3 Å². The third-order valence-electron chi connectivity index (χ3n) is 5.38. The molecular weight excluding hydrogens is 462 g/mol. The molecule has 2 aliphatic heterocycles. The van der Waals surface area contributed by atoms with Crippen LogP contribution >= 0.6 is 11.8 Å². The van der Waals surface area contributed by atoms with Crippen LogP contribution in [0.15, 0.2) is 63.8 Å². The molecule has 0 radical (unpaired) electrons. The van der Waals surface area contributed by atoms with E-state index in [9.17, 15) is 18.5 Å². The molecule has 2 atom stereocenters. The summed E-state index contributed by atoms with van der Waals surface area (Å²) in [6.45, 7) is 0.155. The van der Waals surface area contributed by atoms with Crippen molar-refractivity contribution in [1.82, 2.24) is 5.32 Å². The molecule has 1 amide bonds. The van der Waals surface area contributed by atoms with Crippen LogP contribution in [-0.4, -0.2) is 56.4 Å². The maximum Gasteiger partial charge on any atom is 0.263 e. The van der Waals surface area contributed by atoms with E-state index >= 15 is 0 Å². The van der Waals surface area contributed by atoms with Crippen molar-refractivity contribution in [1.29, 1.82) is 5.26 Å². The van der Waals surface area contributed by atoms with Gasteiger partial charge in [0.2, 0.25) is 0 Å². The highest BCUT2D eigenvalue weighted by Gasteiger charge is 2.49. The number of fused-ring (bicyclic) bond motifs is 1. The highest BCUT2D eigenvalue weighted by Crippen LogP contribution is 2.41. The van der Waals surface area contributed by atoms with Gasteiger partial charge in [-0.05, 0) is 36.4 Å². The molecule has 9 nitrogen and oxygen atoms in total. The minimum atomic E-state index is -3.14. The number of aliphatic imine (C=N–C) groups is 1. The molecule has 0 spiro atoms. The predicted octanol–water partition coefficient (Wildman–Crippen LogP) is 2.14. The maximum absolute atomic E-state index is 12.4. The number of nitriles is 1. The second-order valence-electron chi connectivity index (χ2n) is 7.91. The number of carbonyl (C=O) groups is 1. The number of carbonyl (C=O) groups excluding carboxylic acids is 1. The number of amidine groups is 1. The number of furan rings is 1. The molecular formula is C22H23N5O4S2. The van der Waals surface area contributed by atoms with Crippen LogP contribution in [-0.2, 0) is 21.2 Å². The molecule has 2 fully saturated rings. The van der Waals surface area contributed by atoms with Crippen LogP contribution in [0.5, 0.6) is 0 Å². The van der Waals surface area contributed by atoms with Crippen LogP contribution < -0.4 is 15.1 Å². The normalized spacial score (nSPS) is 22.8. The van der Waals surface area contributed by atoms with Gasteiger partial charge in [0.05, 0.1) is 36.6 Å². The summed E-state index contributed by atoms with van der Waals surface area (Å²) in [6.07, 6.45) is 2.74. The molecule has 3 heterocycles. The molecule has 2 aliphatic rings. The lowest BCUT2D eigenvalue weighted by atomic mass is 10.2. The fourth-order valence-corrected chi connectivity index (χ4v) is 7.61. The topological polar surface area (TPSA) is 119 Å². The first-order valence-corrected chi connectivity index (χ1v) is 12.9. The zero-order valence-electron chi connectivity index (χ0n) is 18.1. The summed E-state index contributed by atoms with van der Waals surface area (Å²) in [5.41, 5.74) is 1.67. The molecule has 0 saturated carbocycles. The number of nitrogens with zero attached hydrogens (tertiary/aromatic N) is 4. The third-order valence-corrected chi connectivity index (χ3v) is 8.61. The maximum atomic E-state index is 12.4. The Bertz CT molecular complexity index is 1230. The molecule has 0 bridgehead atoms. The van der Waals surface area contributed by atoms with Crippen molar-refractivity contribution in [3.8, 4) is 6.07 Å².